The summed E-state index contributed by atoms with van der Waals surface area (Å²) >= 11 is 0. The summed E-state index contributed by atoms with van der Waals surface area (Å²) < 4.78 is 0. The molecule has 1 heteroatoms. The molecular weight excluding hydrogens is 170 g/mol. The van der Waals surface area contributed by atoms with Crippen molar-refractivity contribution in [1.29, 1.82) is 0 Å². The summed E-state index contributed by atoms with van der Waals surface area (Å²) in [6, 6.07) is 10.8. The largest absolute Gasteiger partial charge is 0.388 e. The van der Waals surface area contributed by atoms with Crippen LogP contribution in [0.2, 0.25) is 0 Å². The van der Waals surface area contributed by atoms with Gasteiger partial charge in [-0.05, 0) is 42.5 Å². The average Bonchev–Trinajstić information content (AvgIpc) is 2.19. The number of benzene rings is 2. The van der Waals surface area contributed by atoms with E-state index in [-0.39, 0.29) is 0 Å². The van der Waals surface area contributed by atoms with Crippen molar-refractivity contribution in [1.82, 2.24) is 0 Å². The molecule has 14 heavy (non-hydrogen) atoms. The van der Waals surface area contributed by atoms with E-state index < -0.39 is 0 Å². The van der Waals surface area contributed by atoms with Gasteiger partial charge in [-0.15, -0.1) is 0 Å². The summed E-state index contributed by atoms with van der Waals surface area (Å²) in [6.45, 7) is 4.31. The smallest absolute Gasteiger partial charge is 0.0417 e. The third-order valence-corrected chi connectivity index (χ3v) is 2.76. The van der Waals surface area contributed by atoms with Crippen molar-refractivity contribution in [2.75, 3.05) is 12.4 Å². The second kappa shape index (κ2) is 3.33. The van der Waals surface area contributed by atoms with Gasteiger partial charge in [0.2, 0.25) is 0 Å². The van der Waals surface area contributed by atoms with Gasteiger partial charge < -0.3 is 5.32 Å². The lowest BCUT2D eigenvalue weighted by molar-refractivity contribution is 1.36. The Labute approximate surface area is 84.8 Å². The summed E-state index contributed by atoms with van der Waals surface area (Å²) in [5.74, 6) is 0. The molecule has 1 nitrogen and oxygen atoms in total. The van der Waals surface area contributed by atoms with Crippen LogP contribution in [0, 0.1) is 13.8 Å². The molecule has 0 aliphatic heterocycles. The first-order valence-corrected chi connectivity index (χ1v) is 4.90. The molecule has 0 aromatic heterocycles. The van der Waals surface area contributed by atoms with Gasteiger partial charge in [0.25, 0.3) is 0 Å². The number of anilines is 1. The summed E-state index contributed by atoms with van der Waals surface area (Å²) in [7, 11) is 1.96. The maximum atomic E-state index is 3.22. The maximum Gasteiger partial charge on any atom is 0.0417 e. The van der Waals surface area contributed by atoms with E-state index in [1.54, 1.807) is 0 Å². The zero-order valence-corrected chi connectivity index (χ0v) is 8.89. The van der Waals surface area contributed by atoms with Crippen molar-refractivity contribution in [3.8, 4) is 0 Å². The Bertz CT molecular complexity index is 472. The molecular formula is C13H15N. The van der Waals surface area contributed by atoms with E-state index in [1.165, 1.54) is 27.6 Å². The van der Waals surface area contributed by atoms with Gasteiger partial charge in [0.15, 0.2) is 0 Å². The molecule has 0 saturated carbocycles. The molecule has 72 valence electrons. The monoisotopic (exact) mass is 185 g/mol. The predicted molar refractivity (Wildman–Crippen MR) is 63.0 cm³/mol. The Kier molecular flexibility index (Phi) is 2.16. The van der Waals surface area contributed by atoms with E-state index in [4.69, 9.17) is 0 Å². The minimum atomic E-state index is 1.20. The minimum Gasteiger partial charge on any atom is -0.388 e. The van der Waals surface area contributed by atoms with Crippen LogP contribution in [0.4, 0.5) is 5.69 Å². The number of fused-ring (bicyclic) bond motifs is 1. The molecule has 0 unspecified atom stereocenters. The Balaban J connectivity index is 2.81. The lowest BCUT2D eigenvalue weighted by atomic mass is 10.0. The molecule has 2 aromatic rings. The van der Waals surface area contributed by atoms with E-state index in [2.05, 4.69) is 49.5 Å². The molecule has 0 saturated heterocycles. The zero-order valence-electron chi connectivity index (χ0n) is 8.89. The molecule has 0 amide bonds. The highest BCUT2D eigenvalue weighted by molar-refractivity contribution is 5.94. The van der Waals surface area contributed by atoms with Crippen molar-refractivity contribution in [2.45, 2.75) is 13.8 Å². The average molecular weight is 185 g/mol. The van der Waals surface area contributed by atoms with Crippen LogP contribution in [-0.4, -0.2) is 7.05 Å². The van der Waals surface area contributed by atoms with Crippen LogP contribution in [0.1, 0.15) is 11.1 Å². The van der Waals surface area contributed by atoms with Gasteiger partial charge in [0.05, 0.1) is 0 Å². The number of rotatable bonds is 1. The van der Waals surface area contributed by atoms with E-state index in [1.807, 2.05) is 7.05 Å². The Morgan fingerprint density at radius 3 is 2.43 bits per heavy atom. The normalized spacial score (nSPS) is 10.5. The molecule has 0 atom stereocenters. The molecule has 0 aliphatic carbocycles. The third-order valence-electron chi connectivity index (χ3n) is 2.76. The number of hydrogen-bond donors (Lipinski definition) is 1. The first-order chi connectivity index (χ1) is 6.72. The van der Waals surface area contributed by atoms with Gasteiger partial charge in [-0.3, -0.25) is 0 Å². The highest BCUT2D eigenvalue weighted by atomic mass is 14.8. The molecule has 0 radical (unpaired) electrons. The second-order valence-electron chi connectivity index (χ2n) is 3.71. The van der Waals surface area contributed by atoms with Gasteiger partial charge in [0.1, 0.15) is 0 Å². The maximum absolute atomic E-state index is 3.22. The lowest BCUT2D eigenvalue weighted by Gasteiger charge is -2.08. The second-order valence-corrected chi connectivity index (χ2v) is 3.71. The van der Waals surface area contributed by atoms with Crippen molar-refractivity contribution in [3.05, 3.63) is 41.5 Å². The van der Waals surface area contributed by atoms with Crippen LogP contribution in [0.5, 0.6) is 0 Å². The summed E-state index contributed by atoms with van der Waals surface area (Å²) in [5.41, 5.74) is 3.90. The fourth-order valence-electron chi connectivity index (χ4n) is 1.77. The topological polar surface area (TPSA) is 12.0 Å². The molecule has 0 bridgehead atoms. The van der Waals surface area contributed by atoms with Gasteiger partial charge in [-0.2, -0.15) is 0 Å². The van der Waals surface area contributed by atoms with E-state index >= 15 is 0 Å². The fraction of sp³-hybridized carbons (Fsp3) is 0.231. The fourth-order valence-corrected chi connectivity index (χ4v) is 1.77. The Hall–Kier alpha value is -1.50. The minimum absolute atomic E-state index is 1.20. The first-order valence-electron chi connectivity index (χ1n) is 4.90. The van der Waals surface area contributed by atoms with Crippen molar-refractivity contribution in [3.63, 3.8) is 0 Å². The Morgan fingerprint density at radius 2 is 1.71 bits per heavy atom. The molecule has 0 aliphatic rings. The van der Waals surface area contributed by atoms with Gasteiger partial charge >= 0.3 is 0 Å². The SMILES string of the molecule is CNc1cccc2cc(C)c(C)cc12. The predicted octanol–water partition coefficient (Wildman–Crippen LogP) is 3.50. The molecule has 2 aromatic carbocycles. The molecule has 0 fully saturated rings. The van der Waals surface area contributed by atoms with Gasteiger partial charge in [0, 0.05) is 18.1 Å². The molecule has 2 rings (SSSR count). The summed E-state index contributed by atoms with van der Waals surface area (Å²) in [6.07, 6.45) is 0. The number of hydrogen-bond acceptors (Lipinski definition) is 1. The highest BCUT2D eigenvalue weighted by Gasteiger charge is 2.01. The van der Waals surface area contributed by atoms with Crippen LogP contribution in [0.3, 0.4) is 0 Å². The van der Waals surface area contributed by atoms with Gasteiger partial charge in [-0.25, -0.2) is 0 Å². The first kappa shape index (κ1) is 9.07. The standard InChI is InChI=1S/C13H15N/c1-9-7-11-5-4-6-13(14-3)12(11)8-10(9)2/h4-8,14H,1-3H3. The van der Waals surface area contributed by atoms with E-state index in [0.717, 1.165) is 0 Å². The highest BCUT2D eigenvalue weighted by Crippen LogP contribution is 2.25. The third kappa shape index (κ3) is 1.35. The van der Waals surface area contributed by atoms with E-state index in [0.29, 0.717) is 0 Å². The number of nitrogens with one attached hydrogen (secondary N) is 1. The van der Waals surface area contributed by atoms with E-state index in [9.17, 15) is 0 Å². The van der Waals surface area contributed by atoms with Crippen molar-refractivity contribution < 1.29 is 0 Å². The molecule has 0 heterocycles. The van der Waals surface area contributed by atoms with Crippen LogP contribution in [-0.2, 0) is 0 Å². The molecule has 0 spiro atoms. The lowest BCUT2D eigenvalue weighted by Crippen LogP contribution is -1.90. The van der Waals surface area contributed by atoms with Crippen molar-refractivity contribution in [2.24, 2.45) is 0 Å². The van der Waals surface area contributed by atoms with Crippen molar-refractivity contribution >= 4 is 16.5 Å². The Morgan fingerprint density at radius 1 is 1.00 bits per heavy atom. The zero-order chi connectivity index (χ0) is 10.1. The van der Waals surface area contributed by atoms with Crippen LogP contribution in [0.15, 0.2) is 30.3 Å². The summed E-state index contributed by atoms with van der Waals surface area (Å²) in [5, 5.41) is 5.83. The van der Waals surface area contributed by atoms with Gasteiger partial charge in [-0.1, -0.05) is 18.2 Å². The summed E-state index contributed by atoms with van der Waals surface area (Å²) in [4.78, 5) is 0. The van der Waals surface area contributed by atoms with Crippen LogP contribution < -0.4 is 5.32 Å². The van der Waals surface area contributed by atoms with Crippen LogP contribution in [0.25, 0.3) is 10.8 Å². The molecule has 1 N–H and O–H groups in total. The quantitative estimate of drug-likeness (QED) is 0.717. The number of aryl methyl sites for hydroxylation is 2. The van der Waals surface area contributed by atoms with Crippen LogP contribution >= 0.6 is 0 Å².